The van der Waals surface area contributed by atoms with Gasteiger partial charge in [0, 0.05) is 42.8 Å². The van der Waals surface area contributed by atoms with E-state index in [1.54, 1.807) is 12.1 Å². The Morgan fingerprint density at radius 3 is 2.44 bits per heavy atom. The Morgan fingerprint density at radius 1 is 1.00 bits per heavy atom. The van der Waals surface area contributed by atoms with Crippen molar-refractivity contribution in [2.45, 2.75) is 12.8 Å². The SMILES string of the molecule is O=C(/C=C/c1ccc(Cl)cc1)N1CC2CCN(C(=O)c3ccc4[nH]nnc4c3)CC[C@@H]2C1. The van der Waals surface area contributed by atoms with Gasteiger partial charge in [0.1, 0.15) is 5.52 Å². The predicted molar refractivity (Wildman–Crippen MR) is 123 cm³/mol. The highest BCUT2D eigenvalue weighted by Gasteiger charge is 2.37. The van der Waals surface area contributed by atoms with E-state index in [-0.39, 0.29) is 11.8 Å². The van der Waals surface area contributed by atoms with Crippen LogP contribution < -0.4 is 0 Å². The number of H-pyrrole nitrogens is 1. The second kappa shape index (κ2) is 8.74. The molecule has 0 spiro atoms. The summed E-state index contributed by atoms with van der Waals surface area (Å²) in [6.45, 7) is 2.92. The highest BCUT2D eigenvalue weighted by Crippen LogP contribution is 2.32. The van der Waals surface area contributed by atoms with Crippen molar-refractivity contribution in [1.29, 1.82) is 0 Å². The fraction of sp³-hybridized carbons (Fsp3) is 0.333. The molecule has 0 aliphatic carbocycles. The predicted octanol–water partition coefficient (Wildman–Crippen LogP) is 3.64. The molecule has 2 atom stereocenters. The maximum atomic E-state index is 13.0. The summed E-state index contributed by atoms with van der Waals surface area (Å²) in [4.78, 5) is 29.6. The van der Waals surface area contributed by atoms with E-state index in [1.165, 1.54) is 0 Å². The number of aromatic amines is 1. The Kier molecular flexibility index (Phi) is 5.66. The largest absolute Gasteiger partial charge is 0.339 e. The molecule has 2 saturated heterocycles. The van der Waals surface area contributed by atoms with Crippen molar-refractivity contribution in [3.63, 3.8) is 0 Å². The van der Waals surface area contributed by atoms with Gasteiger partial charge in [-0.25, -0.2) is 0 Å². The highest BCUT2D eigenvalue weighted by molar-refractivity contribution is 6.30. The van der Waals surface area contributed by atoms with Gasteiger partial charge in [0.2, 0.25) is 5.91 Å². The first-order chi connectivity index (χ1) is 15.6. The smallest absolute Gasteiger partial charge is 0.253 e. The van der Waals surface area contributed by atoms with Crippen molar-refractivity contribution < 1.29 is 9.59 Å². The molecule has 0 bridgehead atoms. The van der Waals surface area contributed by atoms with Crippen LogP contribution in [-0.4, -0.2) is 63.2 Å². The second-order valence-electron chi connectivity index (χ2n) is 8.56. The Morgan fingerprint density at radius 2 is 1.72 bits per heavy atom. The molecular formula is C24H24ClN5O2. The number of hydrogen-bond acceptors (Lipinski definition) is 4. The standard InChI is InChI=1S/C24H24ClN5O2/c25-20-5-1-16(2-6-20)3-8-23(31)30-14-18-9-11-29(12-10-19(18)15-30)24(32)17-4-7-21-22(13-17)27-28-26-21/h1-8,13,18-19H,9-12,14-15H2,(H,26,27,28)/b8-3+/t18-,19?/m1/s1. The van der Waals surface area contributed by atoms with Gasteiger partial charge in [0.25, 0.3) is 5.91 Å². The van der Waals surface area contributed by atoms with Crippen LogP contribution in [0.15, 0.2) is 48.5 Å². The molecule has 3 aromatic rings. The minimum atomic E-state index is 0.0358. The number of nitrogens with one attached hydrogen (secondary N) is 1. The van der Waals surface area contributed by atoms with Gasteiger partial charge in [-0.2, -0.15) is 0 Å². The molecule has 2 aliphatic rings. The van der Waals surface area contributed by atoms with Crippen molar-refractivity contribution >= 4 is 40.5 Å². The molecule has 8 heteroatoms. The number of carbonyl (C=O) groups excluding carboxylic acids is 2. The molecule has 1 aromatic heterocycles. The van der Waals surface area contributed by atoms with Gasteiger partial charge in [0.05, 0.1) is 5.52 Å². The van der Waals surface area contributed by atoms with Gasteiger partial charge in [-0.3, -0.25) is 14.7 Å². The van der Waals surface area contributed by atoms with Crippen LogP contribution in [0.25, 0.3) is 17.1 Å². The molecular weight excluding hydrogens is 426 g/mol. The zero-order valence-electron chi connectivity index (χ0n) is 17.6. The summed E-state index contributed by atoms with van der Waals surface area (Å²) in [5.41, 5.74) is 3.11. The normalized spacial score (nSPS) is 21.2. The molecule has 1 unspecified atom stereocenters. The number of benzene rings is 2. The average Bonchev–Trinajstić information content (AvgIpc) is 3.40. The topological polar surface area (TPSA) is 82.2 Å². The fourth-order valence-corrected chi connectivity index (χ4v) is 4.86. The molecule has 1 N–H and O–H groups in total. The van der Waals surface area contributed by atoms with E-state index in [1.807, 2.05) is 52.3 Å². The summed E-state index contributed by atoms with van der Waals surface area (Å²) in [5, 5.41) is 11.3. The molecule has 2 amide bonds. The molecule has 3 heterocycles. The first-order valence-electron chi connectivity index (χ1n) is 10.9. The van der Waals surface area contributed by atoms with E-state index in [0.717, 1.165) is 37.0 Å². The molecule has 0 saturated carbocycles. The summed E-state index contributed by atoms with van der Waals surface area (Å²) in [7, 11) is 0. The lowest BCUT2D eigenvalue weighted by atomic mass is 9.92. The fourth-order valence-electron chi connectivity index (χ4n) is 4.74. The third-order valence-corrected chi connectivity index (χ3v) is 6.83. The number of likely N-dealkylation sites (tertiary alicyclic amines) is 2. The summed E-state index contributed by atoms with van der Waals surface area (Å²) < 4.78 is 0. The first-order valence-corrected chi connectivity index (χ1v) is 11.3. The lowest BCUT2D eigenvalue weighted by Gasteiger charge is -2.22. The third kappa shape index (κ3) is 4.25. The monoisotopic (exact) mass is 449 g/mol. The summed E-state index contributed by atoms with van der Waals surface area (Å²) in [6, 6.07) is 12.9. The van der Waals surface area contributed by atoms with Crippen LogP contribution in [0.2, 0.25) is 5.02 Å². The van der Waals surface area contributed by atoms with Crippen LogP contribution in [0.4, 0.5) is 0 Å². The number of nitrogens with zero attached hydrogens (tertiary/aromatic N) is 4. The van der Waals surface area contributed by atoms with Crippen LogP contribution >= 0.6 is 11.6 Å². The average molecular weight is 450 g/mol. The van der Waals surface area contributed by atoms with Gasteiger partial charge >= 0.3 is 0 Å². The van der Waals surface area contributed by atoms with Crippen molar-refractivity contribution in [3.05, 3.63) is 64.7 Å². The van der Waals surface area contributed by atoms with Crippen molar-refractivity contribution in [1.82, 2.24) is 25.2 Å². The van der Waals surface area contributed by atoms with Crippen LogP contribution in [0.3, 0.4) is 0 Å². The van der Waals surface area contributed by atoms with Gasteiger partial charge in [0.15, 0.2) is 0 Å². The minimum Gasteiger partial charge on any atom is -0.339 e. The number of carbonyl (C=O) groups is 2. The zero-order chi connectivity index (χ0) is 22.1. The number of aromatic nitrogens is 3. The molecule has 164 valence electrons. The van der Waals surface area contributed by atoms with E-state index in [2.05, 4.69) is 15.4 Å². The van der Waals surface area contributed by atoms with E-state index in [9.17, 15) is 9.59 Å². The van der Waals surface area contributed by atoms with Crippen LogP contribution in [0, 0.1) is 11.8 Å². The molecule has 2 aliphatic heterocycles. The number of rotatable bonds is 3. The Bertz CT molecular complexity index is 1160. The summed E-state index contributed by atoms with van der Waals surface area (Å²) >= 11 is 5.91. The lowest BCUT2D eigenvalue weighted by Crippen LogP contribution is -2.33. The van der Waals surface area contributed by atoms with Crippen LogP contribution in [-0.2, 0) is 4.79 Å². The Labute approximate surface area is 191 Å². The highest BCUT2D eigenvalue weighted by atomic mass is 35.5. The molecule has 2 aromatic carbocycles. The van der Waals surface area contributed by atoms with Gasteiger partial charge in [-0.1, -0.05) is 28.9 Å². The van der Waals surface area contributed by atoms with Gasteiger partial charge < -0.3 is 9.80 Å². The maximum absolute atomic E-state index is 13.0. The van der Waals surface area contributed by atoms with Crippen molar-refractivity contribution in [2.75, 3.05) is 26.2 Å². The molecule has 7 nitrogen and oxygen atoms in total. The number of fused-ring (bicyclic) bond motifs is 2. The van der Waals surface area contributed by atoms with Crippen molar-refractivity contribution in [3.8, 4) is 0 Å². The van der Waals surface area contributed by atoms with Gasteiger partial charge in [-0.05, 0) is 66.6 Å². The molecule has 0 radical (unpaired) electrons. The zero-order valence-corrected chi connectivity index (χ0v) is 18.3. The Balaban J connectivity index is 1.19. The van der Waals surface area contributed by atoms with Crippen molar-refractivity contribution in [2.24, 2.45) is 11.8 Å². The number of hydrogen-bond donors (Lipinski definition) is 1. The van der Waals surface area contributed by atoms with E-state index in [0.29, 0.717) is 41.0 Å². The van der Waals surface area contributed by atoms with E-state index in [4.69, 9.17) is 11.6 Å². The van der Waals surface area contributed by atoms with Gasteiger partial charge in [-0.15, -0.1) is 5.10 Å². The number of halogens is 1. The lowest BCUT2D eigenvalue weighted by molar-refractivity contribution is -0.125. The van der Waals surface area contributed by atoms with Crippen LogP contribution in [0.1, 0.15) is 28.8 Å². The van der Waals surface area contributed by atoms with E-state index >= 15 is 0 Å². The summed E-state index contributed by atoms with van der Waals surface area (Å²) in [5.74, 6) is 0.938. The number of amides is 2. The third-order valence-electron chi connectivity index (χ3n) is 6.58. The second-order valence-corrected chi connectivity index (χ2v) is 9.00. The van der Waals surface area contributed by atoms with E-state index < -0.39 is 0 Å². The Hall–Kier alpha value is -3.19. The summed E-state index contributed by atoms with van der Waals surface area (Å²) in [6.07, 6.45) is 5.30. The van der Waals surface area contributed by atoms with Crippen LogP contribution in [0.5, 0.6) is 0 Å². The molecule has 2 fully saturated rings. The minimum absolute atomic E-state index is 0.0358. The quantitative estimate of drug-likeness (QED) is 0.619. The molecule has 32 heavy (non-hydrogen) atoms. The maximum Gasteiger partial charge on any atom is 0.253 e. The molecule has 5 rings (SSSR count). The first kappa shape index (κ1) is 20.7.